The fraction of sp³-hybridized carbons (Fsp3) is 0.391. The van der Waals surface area contributed by atoms with Crippen molar-refractivity contribution in [2.45, 2.75) is 50.5 Å². The van der Waals surface area contributed by atoms with Crippen molar-refractivity contribution in [1.29, 1.82) is 0 Å². The molecule has 0 aliphatic carbocycles. The van der Waals surface area contributed by atoms with Crippen molar-refractivity contribution in [1.82, 2.24) is 4.31 Å². The highest BCUT2D eigenvalue weighted by atomic mass is 32.2. The van der Waals surface area contributed by atoms with Gasteiger partial charge in [0.05, 0.1) is 10.5 Å². The highest BCUT2D eigenvalue weighted by Gasteiger charge is 2.27. The van der Waals surface area contributed by atoms with Gasteiger partial charge in [-0.15, -0.1) is 0 Å². The number of carbonyl (C=O) groups excluding carboxylic acids is 2. The highest BCUT2D eigenvalue weighted by molar-refractivity contribution is 7.89. The number of ketones is 1. The van der Waals surface area contributed by atoms with E-state index in [1.165, 1.54) is 35.5 Å². The minimum absolute atomic E-state index is 0.0661. The molecule has 160 valence electrons. The van der Waals surface area contributed by atoms with Crippen LogP contribution < -0.4 is 0 Å². The number of ether oxygens (including phenoxy) is 1. The van der Waals surface area contributed by atoms with Crippen LogP contribution in [0.15, 0.2) is 53.4 Å². The van der Waals surface area contributed by atoms with E-state index in [0.717, 1.165) is 31.2 Å². The second kappa shape index (κ2) is 9.53. The van der Waals surface area contributed by atoms with E-state index in [0.29, 0.717) is 18.7 Å². The number of nitrogens with zero attached hydrogens (tertiary/aromatic N) is 1. The quantitative estimate of drug-likeness (QED) is 0.512. The molecule has 1 fully saturated rings. The molecule has 0 radical (unpaired) electrons. The van der Waals surface area contributed by atoms with Crippen molar-refractivity contribution >= 4 is 21.8 Å². The van der Waals surface area contributed by atoms with Gasteiger partial charge in [0, 0.05) is 18.7 Å². The molecule has 3 rings (SSSR count). The smallest absolute Gasteiger partial charge is 0.338 e. The number of aryl methyl sites for hydroxylation is 1. The van der Waals surface area contributed by atoms with Crippen LogP contribution in [0.2, 0.25) is 0 Å². The summed E-state index contributed by atoms with van der Waals surface area (Å²) in [4.78, 5) is 25.1. The standard InChI is InChI=1S/C23H27NO5S/c1-17-10-12-19(13-11-17)22(25)18(2)29-23(26)20-8-7-9-21(16-20)30(27,28)24-14-5-3-4-6-15-24/h7-13,16,18H,3-6,14-15H2,1-2H3/t18-/m0/s1. The Labute approximate surface area is 177 Å². The molecule has 0 N–H and O–H groups in total. The van der Waals surface area contributed by atoms with Crippen LogP contribution in [0.3, 0.4) is 0 Å². The third kappa shape index (κ3) is 5.15. The van der Waals surface area contributed by atoms with Crippen LogP contribution >= 0.6 is 0 Å². The maximum absolute atomic E-state index is 13.0. The Kier molecular flexibility index (Phi) is 7.05. The SMILES string of the molecule is Cc1ccc(C(=O)[C@H](C)OC(=O)c2cccc(S(=O)(=O)N3CCCCCC3)c2)cc1. The minimum Gasteiger partial charge on any atom is -0.451 e. The fourth-order valence-corrected chi connectivity index (χ4v) is 5.01. The molecule has 0 unspecified atom stereocenters. The molecular formula is C23H27NO5S. The Morgan fingerprint density at radius 1 is 0.933 bits per heavy atom. The number of esters is 1. The average molecular weight is 430 g/mol. The Balaban J connectivity index is 1.74. The van der Waals surface area contributed by atoms with Gasteiger partial charge in [-0.2, -0.15) is 4.31 Å². The largest absolute Gasteiger partial charge is 0.451 e. The van der Waals surface area contributed by atoms with Gasteiger partial charge < -0.3 is 4.74 Å². The van der Waals surface area contributed by atoms with Gasteiger partial charge in [0.25, 0.3) is 0 Å². The minimum atomic E-state index is -3.67. The zero-order chi connectivity index (χ0) is 21.7. The number of hydrogen-bond donors (Lipinski definition) is 0. The maximum atomic E-state index is 13.0. The van der Waals surface area contributed by atoms with Gasteiger partial charge in [0.15, 0.2) is 6.10 Å². The number of hydrogen-bond acceptors (Lipinski definition) is 5. The molecule has 30 heavy (non-hydrogen) atoms. The van der Waals surface area contributed by atoms with Crippen molar-refractivity contribution in [3.63, 3.8) is 0 Å². The van der Waals surface area contributed by atoms with Crippen molar-refractivity contribution < 1.29 is 22.7 Å². The maximum Gasteiger partial charge on any atom is 0.338 e. The Hall–Kier alpha value is -2.51. The molecule has 2 aromatic rings. The average Bonchev–Trinajstić information content (AvgIpc) is 3.04. The van der Waals surface area contributed by atoms with Crippen molar-refractivity contribution in [3.05, 3.63) is 65.2 Å². The molecule has 1 aliphatic rings. The van der Waals surface area contributed by atoms with Crippen molar-refractivity contribution in [3.8, 4) is 0 Å². The summed E-state index contributed by atoms with van der Waals surface area (Å²) in [5, 5.41) is 0. The molecule has 1 heterocycles. The van der Waals surface area contributed by atoms with Crippen molar-refractivity contribution in [2.75, 3.05) is 13.1 Å². The molecule has 1 atom stereocenters. The van der Waals surface area contributed by atoms with Crippen LogP contribution in [0.5, 0.6) is 0 Å². The van der Waals surface area contributed by atoms with E-state index in [4.69, 9.17) is 4.74 Å². The van der Waals surface area contributed by atoms with Crippen LogP contribution in [0.4, 0.5) is 0 Å². The summed E-state index contributed by atoms with van der Waals surface area (Å²) in [6.45, 7) is 4.40. The van der Waals surface area contributed by atoms with Gasteiger partial charge in [0.1, 0.15) is 0 Å². The predicted molar refractivity (Wildman–Crippen MR) is 114 cm³/mol. The second-order valence-corrected chi connectivity index (χ2v) is 9.56. The zero-order valence-electron chi connectivity index (χ0n) is 17.3. The number of carbonyl (C=O) groups is 2. The van der Waals surface area contributed by atoms with E-state index in [2.05, 4.69) is 0 Å². The lowest BCUT2D eigenvalue weighted by Crippen LogP contribution is -2.32. The molecular weight excluding hydrogens is 402 g/mol. The molecule has 0 saturated carbocycles. The zero-order valence-corrected chi connectivity index (χ0v) is 18.2. The topological polar surface area (TPSA) is 80.8 Å². The lowest BCUT2D eigenvalue weighted by atomic mass is 10.1. The summed E-state index contributed by atoms with van der Waals surface area (Å²) in [6, 6.07) is 12.8. The first-order valence-corrected chi connectivity index (χ1v) is 11.6. The van der Waals surface area contributed by atoms with Gasteiger partial charge in [-0.05, 0) is 44.9 Å². The van der Waals surface area contributed by atoms with E-state index in [1.807, 2.05) is 19.1 Å². The summed E-state index contributed by atoms with van der Waals surface area (Å²) in [6.07, 6.45) is 2.72. The van der Waals surface area contributed by atoms with Gasteiger partial charge in [-0.25, -0.2) is 13.2 Å². The van der Waals surface area contributed by atoms with Crippen LogP contribution in [-0.4, -0.2) is 43.7 Å². The number of Topliss-reactive ketones (excluding diaryl/α,β-unsaturated/α-hetero) is 1. The second-order valence-electron chi connectivity index (χ2n) is 7.62. The molecule has 6 nitrogen and oxygen atoms in total. The van der Waals surface area contributed by atoms with Crippen LogP contribution in [0.25, 0.3) is 0 Å². The highest BCUT2D eigenvalue weighted by Crippen LogP contribution is 2.22. The van der Waals surface area contributed by atoms with E-state index in [1.54, 1.807) is 12.1 Å². The van der Waals surface area contributed by atoms with Crippen LogP contribution in [0, 0.1) is 6.92 Å². The molecule has 0 aromatic heterocycles. The van der Waals surface area contributed by atoms with E-state index >= 15 is 0 Å². The Morgan fingerprint density at radius 3 is 2.20 bits per heavy atom. The van der Waals surface area contributed by atoms with Gasteiger partial charge in [-0.1, -0.05) is 48.7 Å². The van der Waals surface area contributed by atoms with Crippen LogP contribution in [0.1, 0.15) is 58.9 Å². The lowest BCUT2D eigenvalue weighted by molar-refractivity contribution is 0.0318. The van der Waals surface area contributed by atoms with E-state index in [-0.39, 0.29) is 16.2 Å². The summed E-state index contributed by atoms with van der Waals surface area (Å²) >= 11 is 0. The lowest BCUT2D eigenvalue weighted by Gasteiger charge is -2.20. The monoisotopic (exact) mass is 429 g/mol. The summed E-state index contributed by atoms with van der Waals surface area (Å²) < 4.78 is 32.8. The van der Waals surface area contributed by atoms with Gasteiger partial charge >= 0.3 is 5.97 Å². The Morgan fingerprint density at radius 2 is 1.57 bits per heavy atom. The molecule has 0 bridgehead atoms. The molecule has 1 saturated heterocycles. The number of benzene rings is 2. The molecule has 0 spiro atoms. The van der Waals surface area contributed by atoms with Crippen molar-refractivity contribution in [2.24, 2.45) is 0 Å². The van der Waals surface area contributed by atoms with E-state index < -0.39 is 22.1 Å². The van der Waals surface area contributed by atoms with Gasteiger partial charge in [-0.3, -0.25) is 4.79 Å². The molecule has 2 aromatic carbocycles. The normalized spacial score (nSPS) is 16.5. The molecule has 0 amide bonds. The molecule has 1 aliphatic heterocycles. The van der Waals surface area contributed by atoms with E-state index in [9.17, 15) is 18.0 Å². The number of rotatable bonds is 6. The fourth-order valence-electron chi connectivity index (χ4n) is 3.45. The third-order valence-corrected chi connectivity index (χ3v) is 7.16. The predicted octanol–water partition coefficient (Wildman–Crippen LogP) is 3.99. The summed E-state index contributed by atoms with van der Waals surface area (Å²) in [7, 11) is -3.67. The Bertz CT molecular complexity index is 1010. The summed E-state index contributed by atoms with van der Waals surface area (Å²) in [5.74, 6) is -1.03. The first-order chi connectivity index (χ1) is 14.3. The van der Waals surface area contributed by atoms with Gasteiger partial charge in [0.2, 0.25) is 15.8 Å². The first kappa shape index (κ1) is 22.2. The molecule has 7 heteroatoms. The van der Waals surface area contributed by atoms with Crippen LogP contribution in [-0.2, 0) is 14.8 Å². The number of sulfonamides is 1. The first-order valence-electron chi connectivity index (χ1n) is 10.2. The summed E-state index contributed by atoms with van der Waals surface area (Å²) in [5.41, 5.74) is 1.59. The third-order valence-electron chi connectivity index (χ3n) is 5.26.